The van der Waals surface area contributed by atoms with Crippen molar-refractivity contribution in [1.29, 1.82) is 0 Å². The van der Waals surface area contributed by atoms with Crippen LogP contribution in [0.3, 0.4) is 0 Å². The lowest BCUT2D eigenvalue weighted by atomic mass is 10.00. The highest BCUT2D eigenvalue weighted by Gasteiger charge is 2.18. The summed E-state index contributed by atoms with van der Waals surface area (Å²) in [6.45, 7) is 0. The van der Waals surface area contributed by atoms with E-state index in [4.69, 9.17) is 15.0 Å². The topological polar surface area (TPSA) is 43.6 Å². The number of fused-ring (bicyclic) bond motifs is 6. The van der Waals surface area contributed by atoms with Gasteiger partial charge in [-0.1, -0.05) is 158 Å². The van der Waals surface area contributed by atoms with E-state index in [1.807, 2.05) is 36.4 Å². The van der Waals surface area contributed by atoms with Gasteiger partial charge in [0.05, 0.1) is 11.0 Å². The first kappa shape index (κ1) is 32.7. The monoisotopic (exact) mass is 726 g/mol. The fraction of sp³-hybridized carbons (Fsp3) is 0. The van der Waals surface area contributed by atoms with E-state index in [0.717, 1.165) is 33.3 Å². The van der Waals surface area contributed by atoms with Gasteiger partial charge in [0.2, 0.25) is 0 Å². The molecule has 0 bridgehead atoms. The van der Waals surface area contributed by atoms with Gasteiger partial charge in [0.25, 0.3) is 0 Å². The third kappa shape index (κ3) is 5.83. The van der Waals surface area contributed by atoms with Crippen LogP contribution in [0.1, 0.15) is 0 Å². The first-order valence-corrected chi connectivity index (χ1v) is 19.3. The average Bonchev–Trinajstić information content (AvgIpc) is 3.63. The Bertz CT molecular complexity index is 3260. The van der Waals surface area contributed by atoms with E-state index in [2.05, 4.69) is 174 Å². The zero-order chi connectivity index (χ0) is 37.7. The van der Waals surface area contributed by atoms with Crippen molar-refractivity contribution in [2.75, 3.05) is 0 Å². The first-order chi connectivity index (χ1) is 28.2. The molecule has 11 aromatic rings. The van der Waals surface area contributed by atoms with Gasteiger partial charge in [-0.05, 0) is 86.9 Å². The molecule has 0 radical (unpaired) electrons. The summed E-state index contributed by atoms with van der Waals surface area (Å²) >= 11 is 0. The molecule has 2 heterocycles. The number of hydrogen-bond acceptors (Lipinski definition) is 3. The van der Waals surface area contributed by atoms with Crippen LogP contribution < -0.4 is 0 Å². The molecule has 0 amide bonds. The Morgan fingerprint density at radius 1 is 0.281 bits per heavy atom. The molecule has 0 aliphatic carbocycles. The maximum absolute atomic E-state index is 5.11. The smallest absolute Gasteiger partial charge is 0.164 e. The van der Waals surface area contributed by atoms with Gasteiger partial charge >= 0.3 is 0 Å². The highest BCUT2D eigenvalue weighted by atomic mass is 15.0. The molecule has 0 saturated heterocycles. The lowest BCUT2D eigenvalue weighted by Gasteiger charge is -2.12. The summed E-state index contributed by atoms with van der Waals surface area (Å²) in [5.74, 6) is 1.91. The SMILES string of the molecule is c1ccc(-c2ccc3cc(-c4nc(-c5ccccc5)nc(-c5ccc(-n6c7ccc(-c8ccccc8)cc7c7ccc8ccccc8c76)cc5)n4)ccc3c2)cc1. The van der Waals surface area contributed by atoms with Gasteiger partial charge in [-0.15, -0.1) is 0 Å². The quantitative estimate of drug-likeness (QED) is 0.171. The van der Waals surface area contributed by atoms with Crippen molar-refractivity contribution in [2.45, 2.75) is 0 Å². The zero-order valence-corrected chi connectivity index (χ0v) is 30.9. The predicted molar refractivity (Wildman–Crippen MR) is 236 cm³/mol. The van der Waals surface area contributed by atoms with E-state index in [0.29, 0.717) is 17.5 Å². The molecular formula is C53H34N4. The van der Waals surface area contributed by atoms with E-state index in [1.54, 1.807) is 0 Å². The number of aromatic nitrogens is 4. The van der Waals surface area contributed by atoms with Crippen LogP contribution in [0, 0.1) is 0 Å². The minimum atomic E-state index is 0.630. The van der Waals surface area contributed by atoms with Gasteiger partial charge in [0.15, 0.2) is 17.5 Å². The molecule has 266 valence electrons. The average molecular weight is 727 g/mol. The van der Waals surface area contributed by atoms with Crippen LogP contribution in [-0.2, 0) is 0 Å². The maximum atomic E-state index is 5.11. The van der Waals surface area contributed by atoms with Crippen molar-refractivity contribution in [3.63, 3.8) is 0 Å². The Kier molecular flexibility index (Phi) is 7.78. The third-order valence-corrected chi connectivity index (χ3v) is 11.0. The molecule has 11 rings (SSSR count). The maximum Gasteiger partial charge on any atom is 0.164 e. The van der Waals surface area contributed by atoms with Crippen molar-refractivity contribution >= 4 is 43.4 Å². The summed E-state index contributed by atoms with van der Waals surface area (Å²) in [4.78, 5) is 15.2. The molecule has 0 aliphatic rings. The van der Waals surface area contributed by atoms with Crippen LogP contribution in [0.5, 0.6) is 0 Å². The highest BCUT2D eigenvalue weighted by molar-refractivity contribution is 6.19. The van der Waals surface area contributed by atoms with E-state index in [-0.39, 0.29) is 0 Å². The summed E-state index contributed by atoms with van der Waals surface area (Å²) < 4.78 is 2.40. The summed E-state index contributed by atoms with van der Waals surface area (Å²) in [5, 5.41) is 7.19. The van der Waals surface area contributed by atoms with Crippen molar-refractivity contribution in [2.24, 2.45) is 0 Å². The molecule has 2 aromatic heterocycles. The normalized spacial score (nSPS) is 11.5. The Labute approximate surface area is 330 Å². The molecule has 57 heavy (non-hydrogen) atoms. The standard InChI is InChI=1S/C53H34N4/c1-4-12-35(13-5-1)40-20-21-42-33-44(23-22-41(42)32-40)53-55-51(38-17-8-3-9-18-38)54-52(56-53)39-24-28-45(29-25-39)57-49-31-27-43(36-14-6-2-7-15-36)34-48(49)47-30-26-37-16-10-11-19-46(37)50(47)57/h1-34H. The molecule has 0 fully saturated rings. The number of nitrogens with zero attached hydrogens (tertiary/aromatic N) is 4. The zero-order valence-electron chi connectivity index (χ0n) is 30.9. The second-order valence-corrected chi connectivity index (χ2v) is 14.5. The van der Waals surface area contributed by atoms with E-state index < -0.39 is 0 Å². The first-order valence-electron chi connectivity index (χ1n) is 19.3. The fourth-order valence-corrected chi connectivity index (χ4v) is 8.16. The van der Waals surface area contributed by atoms with Crippen LogP contribution in [0.4, 0.5) is 0 Å². The van der Waals surface area contributed by atoms with Crippen LogP contribution in [0.15, 0.2) is 206 Å². The number of benzene rings is 9. The molecule has 0 unspecified atom stereocenters. The lowest BCUT2D eigenvalue weighted by molar-refractivity contribution is 1.07. The van der Waals surface area contributed by atoms with Crippen LogP contribution in [0.25, 0.3) is 105 Å². The van der Waals surface area contributed by atoms with Crippen LogP contribution in [-0.4, -0.2) is 19.5 Å². The van der Waals surface area contributed by atoms with Gasteiger partial charge in [0.1, 0.15) is 0 Å². The molecule has 0 N–H and O–H groups in total. The molecule has 4 heteroatoms. The molecule has 0 aliphatic heterocycles. The molecule has 4 nitrogen and oxygen atoms in total. The van der Waals surface area contributed by atoms with Gasteiger partial charge < -0.3 is 4.57 Å². The Hall–Kier alpha value is -7.69. The molecule has 0 atom stereocenters. The van der Waals surface area contributed by atoms with Gasteiger partial charge in [0, 0.05) is 38.5 Å². The Balaban J connectivity index is 1.03. The van der Waals surface area contributed by atoms with Crippen LogP contribution >= 0.6 is 0 Å². The summed E-state index contributed by atoms with van der Waals surface area (Å²) in [6, 6.07) is 72.9. The number of rotatable bonds is 6. The summed E-state index contributed by atoms with van der Waals surface area (Å²) in [7, 11) is 0. The Morgan fingerprint density at radius 2 is 0.754 bits per heavy atom. The van der Waals surface area contributed by atoms with Crippen molar-refractivity contribution in [3.8, 4) is 62.1 Å². The van der Waals surface area contributed by atoms with Gasteiger partial charge in [-0.25, -0.2) is 15.0 Å². The largest absolute Gasteiger partial charge is 0.309 e. The third-order valence-electron chi connectivity index (χ3n) is 11.0. The minimum absolute atomic E-state index is 0.630. The Morgan fingerprint density at radius 3 is 1.42 bits per heavy atom. The van der Waals surface area contributed by atoms with Crippen molar-refractivity contribution < 1.29 is 0 Å². The van der Waals surface area contributed by atoms with Crippen LogP contribution in [0.2, 0.25) is 0 Å². The van der Waals surface area contributed by atoms with Gasteiger partial charge in [-0.2, -0.15) is 0 Å². The van der Waals surface area contributed by atoms with Crippen molar-refractivity contribution in [3.05, 3.63) is 206 Å². The fourth-order valence-electron chi connectivity index (χ4n) is 8.16. The second kappa shape index (κ2) is 13.6. The molecule has 0 spiro atoms. The minimum Gasteiger partial charge on any atom is -0.309 e. The van der Waals surface area contributed by atoms with E-state index in [9.17, 15) is 0 Å². The summed E-state index contributed by atoms with van der Waals surface area (Å²) in [6.07, 6.45) is 0. The van der Waals surface area contributed by atoms with E-state index >= 15 is 0 Å². The van der Waals surface area contributed by atoms with Gasteiger partial charge in [-0.3, -0.25) is 0 Å². The highest BCUT2D eigenvalue weighted by Crippen LogP contribution is 2.39. The summed E-state index contributed by atoms with van der Waals surface area (Å²) in [5.41, 5.74) is 11.0. The van der Waals surface area contributed by atoms with E-state index in [1.165, 1.54) is 54.7 Å². The molecular weight excluding hydrogens is 693 g/mol. The molecule has 9 aromatic carbocycles. The number of hydrogen-bond donors (Lipinski definition) is 0. The molecule has 0 saturated carbocycles. The lowest BCUT2D eigenvalue weighted by Crippen LogP contribution is -2.00. The van der Waals surface area contributed by atoms with Crippen molar-refractivity contribution in [1.82, 2.24) is 19.5 Å². The second-order valence-electron chi connectivity index (χ2n) is 14.5. The predicted octanol–water partition coefficient (Wildman–Crippen LogP) is 13.6.